The summed E-state index contributed by atoms with van der Waals surface area (Å²) in [5.41, 5.74) is -2.35. The van der Waals surface area contributed by atoms with Crippen LogP contribution in [-0.4, -0.2) is 65.1 Å². The Hall–Kier alpha value is -2.58. The van der Waals surface area contributed by atoms with Gasteiger partial charge in [0, 0.05) is 11.1 Å². The van der Waals surface area contributed by atoms with E-state index in [1.165, 1.54) is 13.8 Å². The molecule has 0 aromatic heterocycles. The molecule has 0 heterocycles. The van der Waals surface area contributed by atoms with Crippen molar-refractivity contribution in [2.75, 3.05) is 0 Å². The largest absolute Gasteiger partial charge is 0.289 e. The second kappa shape index (κ2) is 10.2. The number of sulfonamides is 2. The molecule has 2 unspecified atom stereocenters. The molecule has 0 spiro atoms. The molecular formula is C20H22N2O12S4. The fourth-order valence-electron chi connectivity index (χ4n) is 3.81. The van der Waals surface area contributed by atoms with E-state index in [0.29, 0.717) is 0 Å². The summed E-state index contributed by atoms with van der Waals surface area (Å²) in [5, 5.41) is -3.91. The van der Waals surface area contributed by atoms with E-state index in [0.717, 1.165) is 36.4 Å². The normalized spacial score (nSPS) is 16.0. The lowest BCUT2D eigenvalue weighted by atomic mass is 9.84. The Morgan fingerprint density at radius 3 is 1.21 bits per heavy atom. The van der Waals surface area contributed by atoms with Gasteiger partial charge < -0.3 is 0 Å². The van der Waals surface area contributed by atoms with E-state index in [1.807, 2.05) is 0 Å². The van der Waals surface area contributed by atoms with Gasteiger partial charge in [-0.25, -0.2) is 16.8 Å². The van der Waals surface area contributed by atoms with Gasteiger partial charge in [-0.15, -0.1) is 0 Å². The lowest BCUT2D eigenvalue weighted by Crippen LogP contribution is -2.41. The number of carbonyl (C=O) groups excluding carboxylic acids is 2. The lowest BCUT2D eigenvalue weighted by Gasteiger charge is -2.23. The van der Waals surface area contributed by atoms with Crippen molar-refractivity contribution in [3.8, 4) is 0 Å². The van der Waals surface area contributed by atoms with Gasteiger partial charge in [0.1, 0.15) is 10.7 Å². The topological polar surface area (TPSA) is 235 Å². The highest BCUT2D eigenvalue weighted by Crippen LogP contribution is 2.35. The molecule has 4 N–H and O–H groups in total. The van der Waals surface area contributed by atoms with E-state index in [2.05, 4.69) is 0 Å². The van der Waals surface area contributed by atoms with Gasteiger partial charge in [0.15, 0.2) is 11.6 Å². The molecule has 0 amide bonds. The van der Waals surface area contributed by atoms with Gasteiger partial charge >= 0.3 is 0 Å². The SMILES string of the molecule is CCC(NS(=O)(=O)c1cccc2c1C(=O)c1cccc(S(=O)(=O)NC(CC)S(=O)(=O)O)c1C2=O)S(=O)(=O)O. The molecule has 0 saturated heterocycles. The van der Waals surface area contributed by atoms with Crippen LogP contribution in [0.25, 0.3) is 0 Å². The number of benzene rings is 2. The highest BCUT2D eigenvalue weighted by atomic mass is 32.2. The van der Waals surface area contributed by atoms with Crippen LogP contribution < -0.4 is 9.44 Å². The molecule has 2 aromatic carbocycles. The molecule has 0 saturated carbocycles. The van der Waals surface area contributed by atoms with Crippen LogP contribution in [0.15, 0.2) is 46.2 Å². The quantitative estimate of drug-likeness (QED) is 0.226. The van der Waals surface area contributed by atoms with Crippen molar-refractivity contribution in [3.63, 3.8) is 0 Å². The van der Waals surface area contributed by atoms with Crippen LogP contribution in [0.5, 0.6) is 0 Å². The summed E-state index contributed by atoms with van der Waals surface area (Å²) < 4.78 is 120. The number of fused-ring (bicyclic) bond motifs is 2. The zero-order valence-electron chi connectivity index (χ0n) is 19.6. The lowest BCUT2D eigenvalue weighted by molar-refractivity contribution is 0.0974. The van der Waals surface area contributed by atoms with Crippen LogP contribution in [0.1, 0.15) is 58.5 Å². The molecule has 0 fully saturated rings. The predicted octanol–water partition coefficient (Wildman–Crippen LogP) is 0.266. The number of rotatable bonds is 10. The molecule has 1 aliphatic rings. The minimum atomic E-state index is -4.87. The Balaban J connectivity index is 2.20. The van der Waals surface area contributed by atoms with Crippen molar-refractivity contribution in [3.05, 3.63) is 58.7 Å². The molecular weight excluding hydrogens is 588 g/mol. The second-order valence-electron chi connectivity index (χ2n) is 8.08. The minimum Gasteiger partial charge on any atom is -0.289 e. The molecule has 1 aliphatic carbocycles. The second-order valence-corrected chi connectivity index (χ2v) is 14.6. The van der Waals surface area contributed by atoms with E-state index in [1.54, 1.807) is 9.44 Å². The summed E-state index contributed by atoms with van der Waals surface area (Å²) in [5.74, 6) is -2.18. The number of hydrogen-bond donors (Lipinski definition) is 4. The van der Waals surface area contributed by atoms with E-state index in [-0.39, 0.29) is 12.8 Å². The zero-order chi connectivity index (χ0) is 28.8. The Bertz CT molecular complexity index is 1630. The van der Waals surface area contributed by atoms with Crippen molar-refractivity contribution in [1.29, 1.82) is 0 Å². The average Bonchev–Trinajstić information content (AvgIpc) is 2.82. The maximum absolute atomic E-state index is 13.4. The number of nitrogens with one attached hydrogen (secondary N) is 2. The average molecular weight is 611 g/mol. The third-order valence-corrected chi connectivity index (χ3v) is 11.3. The van der Waals surface area contributed by atoms with Crippen LogP contribution in [0.3, 0.4) is 0 Å². The van der Waals surface area contributed by atoms with Crippen molar-refractivity contribution in [1.82, 2.24) is 9.44 Å². The highest BCUT2D eigenvalue weighted by molar-refractivity contribution is 7.92. The molecule has 0 bridgehead atoms. The molecule has 2 atom stereocenters. The number of carbonyl (C=O) groups is 2. The molecule has 3 rings (SSSR count). The molecule has 0 radical (unpaired) electrons. The van der Waals surface area contributed by atoms with Gasteiger partial charge in [0.2, 0.25) is 20.0 Å². The summed E-state index contributed by atoms with van der Waals surface area (Å²) in [6, 6.07) is 6.10. The Kier molecular flexibility index (Phi) is 8.04. The molecule has 208 valence electrons. The van der Waals surface area contributed by atoms with Crippen molar-refractivity contribution >= 4 is 51.8 Å². The molecule has 18 heteroatoms. The smallest absolute Gasteiger partial charge is 0.282 e. The van der Waals surface area contributed by atoms with Crippen LogP contribution in [-0.2, 0) is 40.3 Å². The van der Waals surface area contributed by atoms with Crippen LogP contribution >= 0.6 is 0 Å². The van der Waals surface area contributed by atoms with Crippen LogP contribution in [0.2, 0.25) is 0 Å². The Morgan fingerprint density at radius 2 is 0.947 bits per heavy atom. The maximum atomic E-state index is 13.4. The fraction of sp³-hybridized carbons (Fsp3) is 0.300. The van der Waals surface area contributed by atoms with E-state index >= 15 is 0 Å². The van der Waals surface area contributed by atoms with Gasteiger partial charge in [0.25, 0.3) is 20.2 Å². The third kappa shape index (κ3) is 5.57. The first-order valence-electron chi connectivity index (χ1n) is 10.7. The Morgan fingerprint density at radius 1 is 0.632 bits per heavy atom. The number of hydrogen-bond acceptors (Lipinski definition) is 10. The highest BCUT2D eigenvalue weighted by Gasteiger charge is 2.40. The fourth-order valence-corrected chi connectivity index (χ4v) is 9.12. The van der Waals surface area contributed by atoms with E-state index in [9.17, 15) is 52.4 Å². The van der Waals surface area contributed by atoms with Crippen LogP contribution in [0, 0.1) is 0 Å². The van der Waals surface area contributed by atoms with E-state index < -0.39 is 94.6 Å². The first-order valence-corrected chi connectivity index (χ1v) is 16.7. The van der Waals surface area contributed by atoms with Gasteiger partial charge in [-0.2, -0.15) is 26.3 Å². The monoisotopic (exact) mass is 610 g/mol. The summed E-state index contributed by atoms with van der Waals surface area (Å²) in [7, 11) is -19.4. The van der Waals surface area contributed by atoms with Gasteiger partial charge in [-0.3, -0.25) is 18.7 Å². The maximum Gasteiger partial charge on any atom is 0.282 e. The van der Waals surface area contributed by atoms with Crippen molar-refractivity contribution in [2.45, 2.75) is 47.2 Å². The summed E-state index contributed by atoms with van der Waals surface area (Å²) in [6.45, 7) is 2.54. The summed E-state index contributed by atoms with van der Waals surface area (Å²) in [6.07, 6.45) is -0.751. The van der Waals surface area contributed by atoms with Gasteiger partial charge in [-0.1, -0.05) is 38.1 Å². The third-order valence-electron chi connectivity index (χ3n) is 5.61. The predicted molar refractivity (Wildman–Crippen MR) is 132 cm³/mol. The summed E-state index contributed by atoms with van der Waals surface area (Å²) in [4.78, 5) is 25.3. The summed E-state index contributed by atoms with van der Waals surface area (Å²) >= 11 is 0. The van der Waals surface area contributed by atoms with E-state index in [4.69, 9.17) is 0 Å². The van der Waals surface area contributed by atoms with Gasteiger partial charge in [-0.05, 0) is 25.0 Å². The molecule has 14 nitrogen and oxygen atoms in total. The Labute approximate surface area is 219 Å². The molecule has 2 aromatic rings. The zero-order valence-corrected chi connectivity index (χ0v) is 22.9. The standard InChI is InChI=1S/C20H22N2O12S4/c1-3-15(37(29,30)31)21-35(25,26)13-9-5-7-11-17(13)19(23)12-8-6-10-14(18(12)20(11)24)36(27,28)22-16(4-2)38(32,33)34/h5-10,15-16,21-22H,3-4H2,1-2H3,(H,29,30,31)(H,32,33,34). The first kappa shape index (κ1) is 30.0. The minimum absolute atomic E-state index is 0.376. The molecule has 0 aliphatic heterocycles. The van der Waals surface area contributed by atoms with Crippen molar-refractivity contribution in [2.24, 2.45) is 0 Å². The first-order chi connectivity index (χ1) is 17.4. The van der Waals surface area contributed by atoms with Crippen molar-refractivity contribution < 1.29 is 52.4 Å². The molecule has 38 heavy (non-hydrogen) atoms. The van der Waals surface area contributed by atoms with Gasteiger partial charge in [0.05, 0.1) is 20.9 Å². The number of ketones is 2. The van der Waals surface area contributed by atoms with Crippen LogP contribution in [0.4, 0.5) is 0 Å².